The molecule has 1 N–H and O–H groups in total. The van der Waals surface area contributed by atoms with Crippen LogP contribution >= 0.6 is 0 Å². The lowest BCUT2D eigenvalue weighted by atomic mass is 9.92. The van der Waals surface area contributed by atoms with Gasteiger partial charge in [0.25, 0.3) is 5.69 Å². The van der Waals surface area contributed by atoms with E-state index in [9.17, 15) is 24.5 Å². The van der Waals surface area contributed by atoms with Crippen molar-refractivity contribution in [1.29, 1.82) is 0 Å². The Morgan fingerprint density at radius 3 is 2.10 bits per heavy atom. The van der Waals surface area contributed by atoms with Crippen LogP contribution in [0, 0.1) is 10.1 Å². The summed E-state index contributed by atoms with van der Waals surface area (Å²) in [4.78, 5) is 44.8. The van der Waals surface area contributed by atoms with Gasteiger partial charge in [-0.1, -0.05) is 6.07 Å². The molecule has 0 aliphatic rings. The van der Waals surface area contributed by atoms with E-state index in [-0.39, 0.29) is 0 Å². The average molecular weight is 297 g/mol. The molecule has 9 nitrogen and oxygen atoms in total. The Kier molecular flexibility index (Phi) is 4.95. The zero-order chi connectivity index (χ0) is 16.2. The number of esters is 2. The molecule has 1 aromatic carbocycles. The van der Waals surface area contributed by atoms with Crippen LogP contribution in [0.15, 0.2) is 18.2 Å². The normalized spacial score (nSPS) is 10.0. The number of carbonyl (C=O) groups is 3. The van der Waals surface area contributed by atoms with Gasteiger partial charge in [0.1, 0.15) is 0 Å². The largest absolute Gasteiger partial charge is 0.478 e. The van der Waals surface area contributed by atoms with Gasteiger partial charge in [-0.05, 0) is 6.07 Å². The summed E-state index contributed by atoms with van der Waals surface area (Å²) in [7, 11) is 1.93. The molecule has 0 bridgehead atoms. The number of hydrogen-bond donors (Lipinski definition) is 1. The van der Waals surface area contributed by atoms with Crippen molar-refractivity contribution < 1.29 is 33.9 Å². The molecule has 0 unspecified atom stereocenters. The fourth-order valence-electron chi connectivity index (χ4n) is 1.77. The van der Waals surface area contributed by atoms with Crippen LogP contribution < -0.4 is 0 Å². The smallest absolute Gasteiger partial charge is 0.336 e. The van der Waals surface area contributed by atoms with Crippen LogP contribution in [-0.2, 0) is 19.1 Å². The van der Waals surface area contributed by atoms with E-state index in [1.807, 2.05) is 0 Å². The first-order valence-corrected chi connectivity index (χ1v) is 5.51. The molecule has 9 heteroatoms. The summed E-state index contributed by atoms with van der Waals surface area (Å²) in [5, 5.41) is 20.1. The molecule has 0 aromatic heterocycles. The molecule has 0 saturated carbocycles. The van der Waals surface area contributed by atoms with Gasteiger partial charge in [0.2, 0.25) is 0 Å². The van der Waals surface area contributed by atoms with Crippen LogP contribution in [0.4, 0.5) is 5.69 Å². The van der Waals surface area contributed by atoms with Crippen molar-refractivity contribution in [2.45, 2.75) is 5.92 Å². The average Bonchev–Trinajstić information content (AvgIpc) is 2.46. The van der Waals surface area contributed by atoms with Crippen LogP contribution in [0.1, 0.15) is 21.8 Å². The number of benzene rings is 1. The minimum Gasteiger partial charge on any atom is -0.478 e. The molecule has 21 heavy (non-hydrogen) atoms. The third kappa shape index (κ3) is 3.14. The Balaban J connectivity index is 3.69. The van der Waals surface area contributed by atoms with Crippen LogP contribution in [0.3, 0.4) is 0 Å². The van der Waals surface area contributed by atoms with E-state index in [1.54, 1.807) is 0 Å². The van der Waals surface area contributed by atoms with Crippen LogP contribution in [0.2, 0.25) is 0 Å². The van der Waals surface area contributed by atoms with Gasteiger partial charge in [-0.25, -0.2) is 4.79 Å². The van der Waals surface area contributed by atoms with E-state index in [0.29, 0.717) is 0 Å². The van der Waals surface area contributed by atoms with E-state index >= 15 is 0 Å². The predicted molar refractivity (Wildman–Crippen MR) is 66.8 cm³/mol. The zero-order valence-electron chi connectivity index (χ0n) is 11.1. The highest BCUT2D eigenvalue weighted by atomic mass is 16.6. The molecular formula is C12H11NO8. The predicted octanol–water partition coefficient (Wildman–Crippen LogP) is 0.723. The monoisotopic (exact) mass is 297 g/mol. The maximum Gasteiger partial charge on any atom is 0.336 e. The summed E-state index contributed by atoms with van der Waals surface area (Å²) in [6.07, 6.45) is 0. The summed E-state index contributed by atoms with van der Waals surface area (Å²) < 4.78 is 8.81. The molecule has 0 fully saturated rings. The Morgan fingerprint density at radius 2 is 1.71 bits per heavy atom. The standard InChI is InChI=1S/C12H11NO8/c1-20-11(16)9(12(17)21-2)8-6(10(14)15)4-3-5-7(8)13(18)19/h3-5,9H,1-2H3,(H,14,15). The van der Waals surface area contributed by atoms with Gasteiger partial charge in [-0.3, -0.25) is 19.7 Å². The Morgan fingerprint density at radius 1 is 1.19 bits per heavy atom. The van der Waals surface area contributed by atoms with Crippen molar-refractivity contribution in [1.82, 2.24) is 0 Å². The lowest BCUT2D eigenvalue weighted by molar-refractivity contribution is -0.385. The lowest BCUT2D eigenvalue weighted by Crippen LogP contribution is -2.27. The fraction of sp³-hybridized carbons (Fsp3) is 0.250. The van der Waals surface area contributed by atoms with Crippen molar-refractivity contribution >= 4 is 23.6 Å². The number of ether oxygens (including phenoxy) is 2. The van der Waals surface area contributed by atoms with Crippen molar-refractivity contribution in [2.24, 2.45) is 0 Å². The number of nitro groups is 1. The van der Waals surface area contributed by atoms with Crippen molar-refractivity contribution in [3.8, 4) is 0 Å². The Bertz CT molecular complexity index is 561. The third-order valence-corrected chi connectivity index (χ3v) is 2.67. The number of hydrogen-bond acceptors (Lipinski definition) is 7. The molecule has 0 saturated heterocycles. The van der Waals surface area contributed by atoms with E-state index in [0.717, 1.165) is 32.4 Å². The Hall–Kier alpha value is -2.97. The molecule has 0 heterocycles. The van der Waals surface area contributed by atoms with Crippen LogP contribution in [0.25, 0.3) is 0 Å². The summed E-state index contributed by atoms with van der Waals surface area (Å²) in [5.74, 6) is -5.68. The topological polar surface area (TPSA) is 133 Å². The van der Waals surface area contributed by atoms with E-state index in [1.165, 1.54) is 0 Å². The molecule has 0 aliphatic carbocycles. The first-order chi connectivity index (χ1) is 9.84. The highest BCUT2D eigenvalue weighted by Gasteiger charge is 2.39. The van der Waals surface area contributed by atoms with Gasteiger partial charge in [0, 0.05) is 6.07 Å². The molecule has 1 rings (SSSR count). The van der Waals surface area contributed by atoms with E-state index < -0.39 is 45.6 Å². The molecular weight excluding hydrogens is 286 g/mol. The second kappa shape index (κ2) is 6.46. The highest BCUT2D eigenvalue weighted by molar-refractivity contribution is 6.05. The van der Waals surface area contributed by atoms with Gasteiger partial charge in [-0.15, -0.1) is 0 Å². The number of rotatable bonds is 5. The van der Waals surface area contributed by atoms with Crippen molar-refractivity contribution in [2.75, 3.05) is 14.2 Å². The highest BCUT2D eigenvalue weighted by Crippen LogP contribution is 2.32. The van der Waals surface area contributed by atoms with Crippen molar-refractivity contribution in [3.63, 3.8) is 0 Å². The minimum absolute atomic E-state index is 0.551. The second-order valence-corrected chi connectivity index (χ2v) is 3.78. The lowest BCUT2D eigenvalue weighted by Gasteiger charge is -2.15. The first kappa shape index (κ1) is 16.1. The van der Waals surface area contributed by atoms with Crippen LogP contribution in [-0.4, -0.2) is 42.2 Å². The van der Waals surface area contributed by atoms with Gasteiger partial charge in [0.15, 0.2) is 5.92 Å². The number of aromatic carboxylic acids is 1. The van der Waals surface area contributed by atoms with E-state index in [4.69, 9.17) is 5.11 Å². The van der Waals surface area contributed by atoms with E-state index in [2.05, 4.69) is 9.47 Å². The maximum atomic E-state index is 11.7. The summed E-state index contributed by atoms with van der Waals surface area (Å²) in [6.45, 7) is 0. The molecule has 0 radical (unpaired) electrons. The number of nitro benzene ring substituents is 1. The van der Waals surface area contributed by atoms with Crippen LogP contribution in [0.5, 0.6) is 0 Å². The molecule has 0 aliphatic heterocycles. The summed E-state index contributed by atoms with van der Waals surface area (Å²) in [5.41, 5.74) is -1.81. The SMILES string of the molecule is COC(=O)C(C(=O)OC)c1c(C(=O)O)cccc1[N+](=O)[O-]. The van der Waals surface area contributed by atoms with Gasteiger partial charge in [-0.2, -0.15) is 0 Å². The summed E-state index contributed by atoms with van der Waals surface area (Å²) in [6, 6.07) is 3.17. The fourth-order valence-corrected chi connectivity index (χ4v) is 1.77. The van der Waals surface area contributed by atoms with Gasteiger partial charge in [0.05, 0.1) is 30.3 Å². The molecule has 1 aromatic rings. The molecule has 0 atom stereocenters. The number of carboxylic acids is 1. The number of nitrogens with zero attached hydrogens (tertiary/aromatic N) is 1. The second-order valence-electron chi connectivity index (χ2n) is 3.78. The number of methoxy groups -OCH3 is 2. The number of carbonyl (C=O) groups excluding carboxylic acids is 2. The maximum absolute atomic E-state index is 11.7. The summed E-state index contributed by atoms with van der Waals surface area (Å²) >= 11 is 0. The first-order valence-electron chi connectivity index (χ1n) is 5.51. The molecule has 0 amide bonds. The zero-order valence-corrected chi connectivity index (χ0v) is 11.1. The van der Waals surface area contributed by atoms with Crippen molar-refractivity contribution in [3.05, 3.63) is 39.4 Å². The van der Waals surface area contributed by atoms with Gasteiger partial charge < -0.3 is 14.6 Å². The third-order valence-electron chi connectivity index (χ3n) is 2.67. The quantitative estimate of drug-likeness (QED) is 0.364. The minimum atomic E-state index is -1.85. The number of carboxylic acid groups (broad SMARTS) is 1. The molecule has 112 valence electrons. The van der Waals surface area contributed by atoms with Gasteiger partial charge >= 0.3 is 17.9 Å². The Labute approximate surface area is 118 Å². The molecule has 0 spiro atoms.